The first kappa shape index (κ1) is 17.1. The number of rotatable bonds is 9. The first-order chi connectivity index (χ1) is 9.69. The minimum absolute atomic E-state index is 0.0354. The summed E-state index contributed by atoms with van der Waals surface area (Å²) in [6.07, 6.45) is 1.91. The van der Waals surface area contributed by atoms with Crippen molar-refractivity contribution in [1.29, 1.82) is 0 Å². The summed E-state index contributed by atoms with van der Waals surface area (Å²) in [7, 11) is 0. The maximum atomic E-state index is 12.0. The third-order valence-electron chi connectivity index (χ3n) is 3.48. The first-order valence-corrected chi connectivity index (χ1v) is 8.63. The molecule has 0 radical (unpaired) electrons. The number of carbonyl (C=O) groups excluding carboxylic acids is 1. The molecular formula is C17H26O2S. The van der Waals surface area contributed by atoms with Crippen LogP contribution in [0, 0.1) is 5.92 Å². The van der Waals surface area contributed by atoms with Crippen LogP contribution in [-0.2, 0) is 9.53 Å². The van der Waals surface area contributed by atoms with Crippen molar-refractivity contribution in [2.24, 2.45) is 5.92 Å². The summed E-state index contributed by atoms with van der Waals surface area (Å²) in [6, 6.07) is 10.4. The number of hydrogen-bond acceptors (Lipinski definition) is 3. The lowest BCUT2D eigenvalue weighted by molar-refractivity contribution is -0.147. The third-order valence-corrected chi connectivity index (χ3v) is 4.34. The highest BCUT2D eigenvalue weighted by atomic mass is 32.2. The van der Waals surface area contributed by atoms with Gasteiger partial charge in [0.15, 0.2) is 0 Å². The van der Waals surface area contributed by atoms with Gasteiger partial charge in [-0.2, -0.15) is 11.8 Å². The highest BCUT2D eigenvalue weighted by Crippen LogP contribution is 2.27. The lowest BCUT2D eigenvalue weighted by atomic mass is 9.88. The van der Waals surface area contributed by atoms with Gasteiger partial charge >= 0.3 is 5.97 Å². The van der Waals surface area contributed by atoms with Crippen molar-refractivity contribution in [1.82, 2.24) is 0 Å². The van der Waals surface area contributed by atoms with Crippen molar-refractivity contribution < 1.29 is 9.53 Å². The molecule has 0 aliphatic heterocycles. The van der Waals surface area contributed by atoms with E-state index in [-0.39, 0.29) is 11.9 Å². The molecule has 1 aromatic carbocycles. The molecule has 0 amide bonds. The fraction of sp³-hybridized carbons (Fsp3) is 0.588. The smallest absolute Gasteiger partial charge is 0.308 e. The fourth-order valence-electron chi connectivity index (χ4n) is 2.27. The quantitative estimate of drug-likeness (QED) is 0.495. The Morgan fingerprint density at radius 1 is 1.25 bits per heavy atom. The van der Waals surface area contributed by atoms with Crippen LogP contribution in [0.5, 0.6) is 0 Å². The molecule has 0 heterocycles. The number of ether oxygens (including phenoxy) is 1. The van der Waals surface area contributed by atoms with E-state index in [2.05, 4.69) is 38.1 Å². The van der Waals surface area contributed by atoms with E-state index in [0.29, 0.717) is 12.5 Å². The van der Waals surface area contributed by atoms with Crippen LogP contribution in [-0.4, -0.2) is 24.1 Å². The van der Waals surface area contributed by atoms with E-state index in [1.165, 1.54) is 5.56 Å². The molecule has 0 N–H and O–H groups in total. The second-order valence-electron chi connectivity index (χ2n) is 5.02. The topological polar surface area (TPSA) is 26.3 Å². The summed E-state index contributed by atoms with van der Waals surface area (Å²) in [5, 5.41) is 0. The van der Waals surface area contributed by atoms with Crippen LogP contribution in [0.1, 0.15) is 45.1 Å². The average molecular weight is 294 g/mol. The fourth-order valence-corrected chi connectivity index (χ4v) is 2.76. The molecular weight excluding hydrogens is 268 g/mol. The molecule has 0 aliphatic carbocycles. The minimum atomic E-state index is -0.0592. The maximum Gasteiger partial charge on any atom is 0.308 e. The Hall–Kier alpha value is -0.960. The monoisotopic (exact) mass is 294 g/mol. The lowest BCUT2D eigenvalue weighted by Gasteiger charge is -2.19. The molecule has 20 heavy (non-hydrogen) atoms. The zero-order valence-corrected chi connectivity index (χ0v) is 13.6. The van der Waals surface area contributed by atoms with Crippen LogP contribution in [0.25, 0.3) is 0 Å². The Kier molecular flexibility index (Phi) is 8.43. The highest BCUT2D eigenvalue weighted by Gasteiger charge is 2.20. The van der Waals surface area contributed by atoms with Crippen LogP contribution >= 0.6 is 11.8 Å². The Balaban J connectivity index is 2.42. The van der Waals surface area contributed by atoms with Crippen LogP contribution in [0.15, 0.2) is 30.3 Å². The zero-order chi connectivity index (χ0) is 14.8. The van der Waals surface area contributed by atoms with Gasteiger partial charge in [-0.1, -0.05) is 51.1 Å². The number of esters is 1. The van der Waals surface area contributed by atoms with E-state index in [1.807, 2.05) is 13.0 Å². The van der Waals surface area contributed by atoms with Crippen LogP contribution in [0.3, 0.4) is 0 Å². The zero-order valence-electron chi connectivity index (χ0n) is 12.8. The summed E-state index contributed by atoms with van der Waals surface area (Å²) >= 11 is 1.80. The van der Waals surface area contributed by atoms with Gasteiger partial charge < -0.3 is 4.74 Å². The van der Waals surface area contributed by atoms with E-state index in [4.69, 9.17) is 4.74 Å². The van der Waals surface area contributed by atoms with Crippen LogP contribution in [0.2, 0.25) is 0 Å². The minimum Gasteiger partial charge on any atom is -0.465 e. The van der Waals surface area contributed by atoms with Gasteiger partial charge in [-0.05, 0) is 30.1 Å². The number of carbonyl (C=O) groups is 1. The van der Waals surface area contributed by atoms with Crippen LogP contribution in [0.4, 0.5) is 0 Å². The molecule has 2 unspecified atom stereocenters. The first-order valence-electron chi connectivity index (χ1n) is 7.48. The second kappa shape index (κ2) is 9.87. The second-order valence-corrected chi connectivity index (χ2v) is 6.41. The molecule has 112 valence electrons. The molecule has 0 aromatic heterocycles. The molecule has 0 saturated heterocycles. The molecule has 2 nitrogen and oxygen atoms in total. The molecule has 1 aromatic rings. The predicted octanol–water partition coefficient (Wildman–Crippen LogP) is 4.50. The molecule has 0 fully saturated rings. The number of hydrogen-bond donors (Lipinski definition) is 0. The summed E-state index contributed by atoms with van der Waals surface area (Å²) in [4.78, 5) is 12.0. The van der Waals surface area contributed by atoms with Gasteiger partial charge in [-0.25, -0.2) is 0 Å². The van der Waals surface area contributed by atoms with Gasteiger partial charge in [-0.15, -0.1) is 0 Å². The van der Waals surface area contributed by atoms with E-state index >= 15 is 0 Å². The van der Waals surface area contributed by atoms with E-state index in [0.717, 1.165) is 24.3 Å². The predicted molar refractivity (Wildman–Crippen MR) is 87.2 cm³/mol. The van der Waals surface area contributed by atoms with Gasteiger partial charge in [0.25, 0.3) is 0 Å². The van der Waals surface area contributed by atoms with Crippen molar-refractivity contribution in [3.8, 4) is 0 Å². The van der Waals surface area contributed by atoms with Gasteiger partial charge in [0.05, 0.1) is 5.92 Å². The summed E-state index contributed by atoms with van der Waals surface area (Å²) < 4.78 is 5.33. The summed E-state index contributed by atoms with van der Waals surface area (Å²) in [5.74, 6) is 2.30. The molecule has 0 spiro atoms. The Morgan fingerprint density at radius 3 is 2.55 bits per heavy atom. The Morgan fingerprint density at radius 2 is 1.95 bits per heavy atom. The Bertz CT molecular complexity index is 378. The molecule has 2 atom stereocenters. The van der Waals surface area contributed by atoms with Crippen molar-refractivity contribution in [3.05, 3.63) is 35.9 Å². The Labute approximate surface area is 127 Å². The number of thioether (sulfide) groups is 1. The van der Waals surface area contributed by atoms with Gasteiger partial charge in [-0.3, -0.25) is 4.79 Å². The van der Waals surface area contributed by atoms with Crippen molar-refractivity contribution in [3.63, 3.8) is 0 Å². The van der Waals surface area contributed by atoms with Gasteiger partial charge in [0, 0.05) is 5.75 Å². The lowest BCUT2D eigenvalue weighted by Crippen LogP contribution is -2.18. The van der Waals surface area contributed by atoms with E-state index in [9.17, 15) is 4.79 Å². The summed E-state index contributed by atoms with van der Waals surface area (Å²) in [6.45, 7) is 6.79. The molecule has 0 saturated carbocycles. The average Bonchev–Trinajstić information content (AvgIpc) is 2.49. The number of benzene rings is 1. The standard InChI is InChI=1S/C17H26O2S/c1-4-15(16-9-7-6-8-10-16)13-14(3)17(18)19-11-12-20-5-2/h6-10,14-15H,4-5,11-13H2,1-3H3. The van der Waals surface area contributed by atoms with Crippen molar-refractivity contribution in [2.75, 3.05) is 18.1 Å². The largest absolute Gasteiger partial charge is 0.465 e. The van der Waals surface area contributed by atoms with E-state index in [1.54, 1.807) is 11.8 Å². The molecule has 3 heteroatoms. The van der Waals surface area contributed by atoms with Crippen LogP contribution < -0.4 is 0 Å². The molecule has 1 rings (SSSR count). The van der Waals surface area contributed by atoms with Gasteiger partial charge in [0.2, 0.25) is 0 Å². The molecule has 0 bridgehead atoms. The SMILES string of the molecule is CCSCCOC(=O)C(C)CC(CC)c1ccccc1. The maximum absolute atomic E-state index is 12.0. The van der Waals surface area contributed by atoms with E-state index < -0.39 is 0 Å². The normalized spacial score (nSPS) is 13.8. The van der Waals surface area contributed by atoms with Crippen molar-refractivity contribution in [2.45, 2.75) is 39.5 Å². The van der Waals surface area contributed by atoms with Crippen molar-refractivity contribution >= 4 is 17.7 Å². The highest BCUT2D eigenvalue weighted by molar-refractivity contribution is 7.99. The third kappa shape index (κ3) is 6.00. The molecule has 0 aliphatic rings. The van der Waals surface area contributed by atoms with Gasteiger partial charge in [0.1, 0.15) is 6.61 Å². The summed E-state index contributed by atoms with van der Waals surface area (Å²) in [5.41, 5.74) is 1.32.